The lowest BCUT2D eigenvalue weighted by atomic mass is 10.1. The minimum absolute atomic E-state index is 0.00837. The molecule has 0 bridgehead atoms. The Labute approximate surface area is 111 Å². The first-order chi connectivity index (χ1) is 9.08. The quantitative estimate of drug-likeness (QED) is 0.632. The highest BCUT2D eigenvalue weighted by Gasteiger charge is 2.17. The molecule has 2 N–H and O–H groups in total. The molecule has 1 aromatic carbocycles. The zero-order valence-corrected chi connectivity index (χ0v) is 10.8. The third-order valence-corrected chi connectivity index (χ3v) is 3.38. The van der Waals surface area contributed by atoms with Crippen molar-refractivity contribution in [1.29, 1.82) is 0 Å². The molecule has 1 amide bonds. The summed E-state index contributed by atoms with van der Waals surface area (Å²) in [6.45, 7) is 4.28. The number of hydrogen-bond donors (Lipinski definition) is 2. The van der Waals surface area contributed by atoms with Crippen LogP contribution in [0.3, 0.4) is 0 Å². The number of aryl methyl sites for hydroxylation is 1. The molecule has 1 atom stereocenters. The molecule has 1 unspecified atom stereocenters. The first kappa shape index (κ1) is 13.5. The van der Waals surface area contributed by atoms with Gasteiger partial charge in [-0.3, -0.25) is 14.9 Å². The molecule has 1 aliphatic heterocycles. The number of carbonyl (C=O) groups is 1. The molecule has 1 aliphatic rings. The van der Waals surface area contributed by atoms with Crippen molar-refractivity contribution in [3.63, 3.8) is 0 Å². The van der Waals surface area contributed by atoms with Gasteiger partial charge in [0.1, 0.15) is 0 Å². The first-order valence-electron chi connectivity index (χ1n) is 6.32. The van der Waals surface area contributed by atoms with E-state index in [1.54, 1.807) is 6.92 Å². The summed E-state index contributed by atoms with van der Waals surface area (Å²) < 4.78 is 0. The zero-order chi connectivity index (χ0) is 13.8. The summed E-state index contributed by atoms with van der Waals surface area (Å²) in [5.74, 6) is 0.307. The molecule has 2 rings (SSSR count). The number of benzene rings is 1. The highest BCUT2D eigenvalue weighted by molar-refractivity contribution is 5.95. The second-order valence-electron chi connectivity index (χ2n) is 4.83. The van der Waals surface area contributed by atoms with Crippen LogP contribution in [0.5, 0.6) is 0 Å². The van der Waals surface area contributed by atoms with E-state index in [1.807, 2.05) is 0 Å². The summed E-state index contributed by atoms with van der Waals surface area (Å²) in [7, 11) is 0. The lowest BCUT2D eigenvalue weighted by molar-refractivity contribution is -0.384. The van der Waals surface area contributed by atoms with E-state index in [-0.39, 0.29) is 11.6 Å². The summed E-state index contributed by atoms with van der Waals surface area (Å²) in [5.41, 5.74) is 1.13. The minimum Gasteiger partial charge on any atom is -0.352 e. The molecule has 1 aromatic rings. The van der Waals surface area contributed by atoms with Gasteiger partial charge in [0, 0.05) is 24.2 Å². The Bertz CT molecular complexity index is 496. The van der Waals surface area contributed by atoms with Gasteiger partial charge >= 0.3 is 0 Å². The van der Waals surface area contributed by atoms with E-state index in [4.69, 9.17) is 0 Å². The smallest absolute Gasteiger partial charge is 0.269 e. The standard InChI is InChI=1S/C13H17N3O3/c1-9-6-11(16(18)19)2-3-12(9)13(17)15-8-10-4-5-14-7-10/h2-3,6,10,14H,4-5,7-8H2,1H3,(H,15,17). The van der Waals surface area contributed by atoms with Gasteiger partial charge in [-0.15, -0.1) is 0 Å². The number of rotatable bonds is 4. The topological polar surface area (TPSA) is 84.3 Å². The first-order valence-corrected chi connectivity index (χ1v) is 6.32. The summed E-state index contributed by atoms with van der Waals surface area (Å²) >= 11 is 0. The minimum atomic E-state index is -0.459. The van der Waals surface area contributed by atoms with Crippen LogP contribution in [0.15, 0.2) is 18.2 Å². The lowest BCUT2D eigenvalue weighted by Gasteiger charge is -2.11. The highest BCUT2D eigenvalue weighted by Crippen LogP contribution is 2.17. The Morgan fingerprint density at radius 2 is 2.37 bits per heavy atom. The van der Waals surface area contributed by atoms with Crippen LogP contribution in [0.1, 0.15) is 22.3 Å². The molecule has 6 nitrogen and oxygen atoms in total. The van der Waals surface area contributed by atoms with Crippen LogP contribution in [0.25, 0.3) is 0 Å². The molecule has 1 heterocycles. The maximum atomic E-state index is 12.0. The fourth-order valence-corrected chi connectivity index (χ4v) is 2.24. The van der Waals surface area contributed by atoms with Gasteiger partial charge in [0.15, 0.2) is 0 Å². The number of nitro benzene ring substituents is 1. The molecule has 1 saturated heterocycles. The normalized spacial score (nSPS) is 18.3. The summed E-state index contributed by atoms with van der Waals surface area (Å²) in [6, 6.07) is 4.29. The average molecular weight is 263 g/mol. The maximum absolute atomic E-state index is 12.0. The predicted octanol–water partition coefficient (Wildman–Crippen LogP) is 1.24. The third-order valence-electron chi connectivity index (χ3n) is 3.38. The van der Waals surface area contributed by atoms with Crippen molar-refractivity contribution in [2.24, 2.45) is 5.92 Å². The van der Waals surface area contributed by atoms with Gasteiger partial charge in [-0.2, -0.15) is 0 Å². The Morgan fingerprint density at radius 3 is 2.95 bits per heavy atom. The summed E-state index contributed by atoms with van der Waals surface area (Å²) in [5, 5.41) is 16.8. The van der Waals surface area contributed by atoms with E-state index in [0.29, 0.717) is 23.6 Å². The molecule has 0 saturated carbocycles. The fourth-order valence-electron chi connectivity index (χ4n) is 2.24. The maximum Gasteiger partial charge on any atom is 0.269 e. The third kappa shape index (κ3) is 3.29. The van der Waals surface area contributed by atoms with Crippen molar-refractivity contribution < 1.29 is 9.72 Å². The van der Waals surface area contributed by atoms with Crippen molar-refractivity contribution in [2.75, 3.05) is 19.6 Å². The molecular weight excluding hydrogens is 246 g/mol. The van der Waals surface area contributed by atoms with Crippen LogP contribution < -0.4 is 10.6 Å². The Morgan fingerprint density at radius 1 is 1.58 bits per heavy atom. The zero-order valence-electron chi connectivity index (χ0n) is 10.8. The molecule has 19 heavy (non-hydrogen) atoms. The number of carbonyl (C=O) groups excluding carboxylic acids is 1. The van der Waals surface area contributed by atoms with Crippen molar-refractivity contribution in [3.8, 4) is 0 Å². The number of amides is 1. The van der Waals surface area contributed by atoms with E-state index in [1.165, 1.54) is 18.2 Å². The predicted molar refractivity (Wildman–Crippen MR) is 71.1 cm³/mol. The SMILES string of the molecule is Cc1cc([N+](=O)[O-])ccc1C(=O)NCC1CCNC1. The average Bonchev–Trinajstić information content (AvgIpc) is 2.88. The van der Waals surface area contributed by atoms with Crippen molar-refractivity contribution in [2.45, 2.75) is 13.3 Å². The van der Waals surface area contributed by atoms with Crippen molar-refractivity contribution in [1.82, 2.24) is 10.6 Å². The van der Waals surface area contributed by atoms with Crippen LogP contribution in [0, 0.1) is 23.0 Å². The molecule has 0 aliphatic carbocycles. The van der Waals surface area contributed by atoms with E-state index in [0.717, 1.165) is 19.5 Å². The number of nitrogens with one attached hydrogen (secondary N) is 2. The second kappa shape index (κ2) is 5.79. The van der Waals surface area contributed by atoms with Crippen LogP contribution in [-0.2, 0) is 0 Å². The molecule has 6 heteroatoms. The highest BCUT2D eigenvalue weighted by atomic mass is 16.6. The van der Waals surface area contributed by atoms with Crippen LogP contribution in [-0.4, -0.2) is 30.5 Å². The van der Waals surface area contributed by atoms with Gasteiger partial charge in [0.05, 0.1) is 4.92 Å². The Hall–Kier alpha value is -1.95. The van der Waals surface area contributed by atoms with Gasteiger partial charge in [-0.25, -0.2) is 0 Å². The van der Waals surface area contributed by atoms with Gasteiger partial charge in [-0.05, 0) is 44.0 Å². The number of nitro groups is 1. The molecule has 0 aromatic heterocycles. The Balaban J connectivity index is 2.00. The largest absolute Gasteiger partial charge is 0.352 e. The van der Waals surface area contributed by atoms with Crippen LogP contribution in [0.2, 0.25) is 0 Å². The molecule has 1 fully saturated rings. The number of non-ortho nitro benzene ring substituents is 1. The van der Waals surface area contributed by atoms with E-state index in [9.17, 15) is 14.9 Å². The number of hydrogen-bond acceptors (Lipinski definition) is 4. The molecular formula is C13H17N3O3. The van der Waals surface area contributed by atoms with Gasteiger partial charge in [0.2, 0.25) is 0 Å². The van der Waals surface area contributed by atoms with E-state index in [2.05, 4.69) is 10.6 Å². The van der Waals surface area contributed by atoms with Gasteiger partial charge in [-0.1, -0.05) is 0 Å². The number of nitrogens with zero attached hydrogens (tertiary/aromatic N) is 1. The van der Waals surface area contributed by atoms with E-state index < -0.39 is 4.92 Å². The second-order valence-corrected chi connectivity index (χ2v) is 4.83. The molecule has 0 spiro atoms. The lowest BCUT2D eigenvalue weighted by Crippen LogP contribution is -2.30. The van der Waals surface area contributed by atoms with E-state index >= 15 is 0 Å². The van der Waals surface area contributed by atoms with Crippen LogP contribution >= 0.6 is 0 Å². The monoisotopic (exact) mass is 263 g/mol. The van der Waals surface area contributed by atoms with Crippen molar-refractivity contribution in [3.05, 3.63) is 39.4 Å². The molecule has 0 radical (unpaired) electrons. The fraction of sp³-hybridized carbons (Fsp3) is 0.462. The van der Waals surface area contributed by atoms with Crippen molar-refractivity contribution >= 4 is 11.6 Å². The Kier molecular flexibility index (Phi) is 4.11. The van der Waals surface area contributed by atoms with Gasteiger partial charge < -0.3 is 10.6 Å². The summed E-state index contributed by atoms with van der Waals surface area (Å²) in [6.07, 6.45) is 1.07. The summed E-state index contributed by atoms with van der Waals surface area (Å²) in [4.78, 5) is 22.2. The van der Waals surface area contributed by atoms with Gasteiger partial charge in [0.25, 0.3) is 11.6 Å². The van der Waals surface area contributed by atoms with Crippen LogP contribution in [0.4, 0.5) is 5.69 Å². The molecule has 102 valence electrons.